The van der Waals surface area contributed by atoms with Crippen molar-refractivity contribution in [2.75, 3.05) is 13.2 Å². The maximum atomic E-state index is 10.9. The molecule has 0 aromatic heterocycles. The average molecular weight is 186 g/mol. The van der Waals surface area contributed by atoms with Crippen LogP contribution in [0.2, 0.25) is 0 Å². The van der Waals surface area contributed by atoms with E-state index in [0.717, 1.165) is 19.4 Å². The van der Waals surface area contributed by atoms with Crippen LogP contribution >= 0.6 is 0 Å². The molecule has 1 rings (SSSR count). The summed E-state index contributed by atoms with van der Waals surface area (Å²) in [5.74, 6) is -0.625. The first-order valence-corrected chi connectivity index (χ1v) is 4.45. The molecule has 1 aliphatic heterocycles. The van der Waals surface area contributed by atoms with Crippen molar-refractivity contribution < 1.29 is 19.1 Å². The summed E-state index contributed by atoms with van der Waals surface area (Å²) in [6.45, 7) is 2.40. The molecule has 1 unspecified atom stereocenters. The fourth-order valence-corrected chi connectivity index (χ4v) is 1.22. The molecule has 1 fully saturated rings. The van der Waals surface area contributed by atoms with E-state index in [2.05, 4.69) is 0 Å². The van der Waals surface area contributed by atoms with Crippen molar-refractivity contribution in [2.45, 2.75) is 32.3 Å². The largest absolute Gasteiger partial charge is 0.463 e. The summed E-state index contributed by atoms with van der Waals surface area (Å²) in [4.78, 5) is 21.4. The van der Waals surface area contributed by atoms with Crippen molar-refractivity contribution >= 4 is 11.8 Å². The van der Waals surface area contributed by atoms with Crippen molar-refractivity contribution in [3.63, 3.8) is 0 Å². The molecule has 13 heavy (non-hydrogen) atoms. The van der Waals surface area contributed by atoms with Gasteiger partial charge in [-0.1, -0.05) is 0 Å². The van der Waals surface area contributed by atoms with Crippen LogP contribution in [0.5, 0.6) is 0 Å². The molecule has 0 radical (unpaired) electrons. The summed E-state index contributed by atoms with van der Waals surface area (Å²) < 4.78 is 10.1. The molecule has 1 saturated heterocycles. The lowest BCUT2D eigenvalue weighted by molar-refractivity contribution is -0.148. The fraction of sp³-hybridized carbons (Fsp3) is 0.778. The van der Waals surface area contributed by atoms with E-state index in [1.54, 1.807) is 0 Å². The van der Waals surface area contributed by atoms with Gasteiger partial charge < -0.3 is 9.47 Å². The quantitative estimate of drug-likeness (QED) is 0.478. The van der Waals surface area contributed by atoms with E-state index in [-0.39, 0.29) is 24.9 Å². The Morgan fingerprint density at radius 3 is 2.85 bits per heavy atom. The highest BCUT2D eigenvalue weighted by Gasteiger charge is 2.17. The maximum Gasteiger partial charge on any atom is 0.313 e. The van der Waals surface area contributed by atoms with E-state index in [1.165, 1.54) is 6.92 Å². The lowest BCUT2D eigenvalue weighted by Gasteiger charge is -2.09. The van der Waals surface area contributed by atoms with Crippen LogP contribution < -0.4 is 0 Å². The van der Waals surface area contributed by atoms with Crippen molar-refractivity contribution in [1.29, 1.82) is 0 Å². The van der Waals surface area contributed by atoms with Gasteiger partial charge in [-0.2, -0.15) is 0 Å². The highest BCUT2D eigenvalue weighted by atomic mass is 16.6. The first kappa shape index (κ1) is 10.2. The highest BCUT2D eigenvalue weighted by molar-refractivity contribution is 5.94. The maximum absolute atomic E-state index is 10.9. The second-order valence-corrected chi connectivity index (χ2v) is 3.20. The lowest BCUT2D eigenvalue weighted by atomic mass is 10.2. The minimum absolute atomic E-state index is 0.0379. The number of hydrogen-bond acceptors (Lipinski definition) is 4. The van der Waals surface area contributed by atoms with Crippen LogP contribution in [0.1, 0.15) is 26.2 Å². The molecule has 0 bridgehead atoms. The molecule has 0 aliphatic carbocycles. The molecule has 1 heterocycles. The average Bonchev–Trinajstić information content (AvgIpc) is 2.51. The molecule has 0 saturated carbocycles. The normalized spacial score (nSPS) is 21.5. The molecular weight excluding hydrogens is 172 g/mol. The minimum atomic E-state index is -0.456. The summed E-state index contributed by atoms with van der Waals surface area (Å²) >= 11 is 0. The lowest BCUT2D eigenvalue weighted by Crippen LogP contribution is -2.18. The van der Waals surface area contributed by atoms with Crippen LogP contribution in [0.4, 0.5) is 0 Å². The van der Waals surface area contributed by atoms with Gasteiger partial charge in [-0.3, -0.25) is 9.59 Å². The van der Waals surface area contributed by atoms with Gasteiger partial charge >= 0.3 is 5.97 Å². The standard InChI is InChI=1S/C9H14O4/c1-7(10)5-9(11)13-6-8-3-2-4-12-8/h8H,2-6H2,1H3. The van der Waals surface area contributed by atoms with Crippen LogP contribution in [-0.4, -0.2) is 31.1 Å². The number of Topliss-reactive ketones (excluding diaryl/α,β-unsaturated/α-hetero) is 1. The van der Waals surface area contributed by atoms with E-state index < -0.39 is 5.97 Å². The van der Waals surface area contributed by atoms with Crippen molar-refractivity contribution in [3.8, 4) is 0 Å². The first-order valence-electron chi connectivity index (χ1n) is 4.45. The summed E-state index contributed by atoms with van der Waals surface area (Å²) in [6.07, 6.45) is 1.87. The van der Waals surface area contributed by atoms with Crippen LogP contribution in [-0.2, 0) is 19.1 Å². The van der Waals surface area contributed by atoms with Crippen LogP contribution in [0.25, 0.3) is 0 Å². The van der Waals surface area contributed by atoms with E-state index in [1.807, 2.05) is 0 Å². The second-order valence-electron chi connectivity index (χ2n) is 3.20. The summed E-state index contributed by atoms with van der Waals surface area (Å²) in [7, 11) is 0. The van der Waals surface area contributed by atoms with Gasteiger partial charge in [-0.05, 0) is 19.8 Å². The molecule has 0 aromatic carbocycles. The van der Waals surface area contributed by atoms with Crippen molar-refractivity contribution in [1.82, 2.24) is 0 Å². The molecule has 1 atom stereocenters. The summed E-state index contributed by atoms with van der Waals surface area (Å²) in [5, 5.41) is 0. The zero-order valence-corrected chi connectivity index (χ0v) is 7.75. The summed E-state index contributed by atoms with van der Waals surface area (Å²) in [6, 6.07) is 0. The molecule has 74 valence electrons. The van der Waals surface area contributed by atoms with Crippen LogP contribution in [0.3, 0.4) is 0 Å². The Kier molecular flexibility index (Phi) is 3.89. The Balaban J connectivity index is 2.10. The Morgan fingerprint density at radius 1 is 1.54 bits per heavy atom. The third kappa shape index (κ3) is 4.03. The number of hydrogen-bond donors (Lipinski definition) is 0. The Bertz CT molecular complexity index is 194. The van der Waals surface area contributed by atoms with Crippen molar-refractivity contribution in [3.05, 3.63) is 0 Å². The Hall–Kier alpha value is -0.900. The fourth-order valence-electron chi connectivity index (χ4n) is 1.22. The Labute approximate surface area is 77.2 Å². The van der Waals surface area contributed by atoms with Crippen LogP contribution in [0.15, 0.2) is 0 Å². The predicted octanol–water partition coefficient (Wildman–Crippen LogP) is 0.688. The number of ketones is 1. The van der Waals surface area contributed by atoms with E-state index in [0.29, 0.717) is 0 Å². The molecule has 0 spiro atoms. The van der Waals surface area contributed by atoms with Gasteiger partial charge in [0.1, 0.15) is 18.8 Å². The molecule has 0 amide bonds. The van der Waals surface area contributed by atoms with Crippen LogP contribution in [0, 0.1) is 0 Å². The molecule has 4 heteroatoms. The molecule has 1 aliphatic rings. The van der Waals surface area contributed by atoms with Gasteiger partial charge in [-0.25, -0.2) is 0 Å². The highest BCUT2D eigenvalue weighted by Crippen LogP contribution is 2.12. The second kappa shape index (κ2) is 4.97. The smallest absolute Gasteiger partial charge is 0.313 e. The third-order valence-electron chi connectivity index (χ3n) is 1.85. The number of ether oxygens (including phenoxy) is 2. The van der Waals surface area contributed by atoms with Gasteiger partial charge in [-0.15, -0.1) is 0 Å². The number of esters is 1. The van der Waals surface area contributed by atoms with Crippen molar-refractivity contribution in [2.24, 2.45) is 0 Å². The SMILES string of the molecule is CC(=O)CC(=O)OCC1CCCO1. The van der Waals surface area contributed by atoms with E-state index >= 15 is 0 Å². The first-order chi connectivity index (χ1) is 6.18. The van der Waals surface area contributed by atoms with Gasteiger partial charge in [0.15, 0.2) is 0 Å². The zero-order chi connectivity index (χ0) is 9.68. The molecular formula is C9H14O4. The molecule has 4 nitrogen and oxygen atoms in total. The topological polar surface area (TPSA) is 52.6 Å². The molecule has 0 aromatic rings. The van der Waals surface area contributed by atoms with Gasteiger partial charge in [0.2, 0.25) is 0 Å². The minimum Gasteiger partial charge on any atom is -0.463 e. The summed E-state index contributed by atoms with van der Waals surface area (Å²) in [5.41, 5.74) is 0. The Morgan fingerprint density at radius 2 is 2.31 bits per heavy atom. The van der Waals surface area contributed by atoms with E-state index in [9.17, 15) is 9.59 Å². The van der Waals surface area contributed by atoms with E-state index in [4.69, 9.17) is 9.47 Å². The number of carbonyl (C=O) groups is 2. The monoisotopic (exact) mass is 186 g/mol. The van der Waals surface area contributed by atoms with Gasteiger partial charge in [0.05, 0.1) is 6.10 Å². The number of rotatable bonds is 4. The van der Waals surface area contributed by atoms with Gasteiger partial charge in [0, 0.05) is 6.61 Å². The molecule has 0 N–H and O–H groups in total. The van der Waals surface area contributed by atoms with Gasteiger partial charge in [0.25, 0.3) is 0 Å². The zero-order valence-electron chi connectivity index (χ0n) is 7.75. The number of carbonyl (C=O) groups excluding carboxylic acids is 2. The third-order valence-corrected chi connectivity index (χ3v) is 1.85. The predicted molar refractivity (Wildman–Crippen MR) is 45.2 cm³/mol.